The summed E-state index contributed by atoms with van der Waals surface area (Å²) in [5, 5.41) is 10.9. The van der Waals surface area contributed by atoms with E-state index in [9.17, 15) is 19.7 Å². The van der Waals surface area contributed by atoms with Gasteiger partial charge < -0.3 is 0 Å². The van der Waals surface area contributed by atoms with Crippen LogP contribution in [0.15, 0.2) is 54.6 Å². The van der Waals surface area contributed by atoms with Crippen LogP contribution in [0.4, 0.5) is 17.1 Å². The lowest BCUT2D eigenvalue weighted by molar-refractivity contribution is -0.384. The Morgan fingerprint density at radius 1 is 0.917 bits per heavy atom. The molecule has 0 N–H and O–H groups in total. The van der Waals surface area contributed by atoms with Crippen LogP contribution >= 0.6 is 12.2 Å². The molecule has 2 aromatic rings. The predicted octanol–water partition coefficient (Wildman–Crippen LogP) is 2.65. The number of nitro benzene ring substituents is 1. The summed E-state index contributed by atoms with van der Waals surface area (Å²) in [5.74, 6) is -0.949. The van der Waals surface area contributed by atoms with Crippen LogP contribution in [0.2, 0.25) is 0 Å². The zero-order valence-corrected chi connectivity index (χ0v) is 13.1. The number of hydrogen-bond donors (Lipinski definition) is 0. The van der Waals surface area contributed by atoms with Crippen molar-refractivity contribution in [2.75, 3.05) is 9.80 Å². The number of hydrogen-bond acceptors (Lipinski definition) is 5. The third-order valence-electron chi connectivity index (χ3n) is 3.50. The van der Waals surface area contributed by atoms with Gasteiger partial charge in [0.2, 0.25) is 11.8 Å². The predicted molar refractivity (Wildman–Crippen MR) is 91.7 cm³/mol. The first-order valence-corrected chi connectivity index (χ1v) is 7.39. The topological polar surface area (TPSA) is 83.8 Å². The zero-order valence-electron chi connectivity index (χ0n) is 12.3. The number of thiocarbonyl (C=S) groups is 1. The van der Waals surface area contributed by atoms with Gasteiger partial charge in [-0.15, -0.1) is 0 Å². The number of para-hydroxylation sites is 1. The van der Waals surface area contributed by atoms with Crippen molar-refractivity contribution in [2.45, 2.75) is 6.42 Å². The van der Waals surface area contributed by atoms with Crippen molar-refractivity contribution in [1.29, 1.82) is 0 Å². The molecule has 0 saturated carbocycles. The van der Waals surface area contributed by atoms with Crippen LogP contribution in [0, 0.1) is 10.1 Å². The van der Waals surface area contributed by atoms with Crippen LogP contribution in [0.1, 0.15) is 6.42 Å². The van der Waals surface area contributed by atoms with E-state index in [0.29, 0.717) is 5.69 Å². The van der Waals surface area contributed by atoms with E-state index in [1.807, 2.05) is 0 Å². The molecule has 24 heavy (non-hydrogen) atoms. The van der Waals surface area contributed by atoms with Crippen molar-refractivity contribution in [2.24, 2.45) is 0 Å². The molecular weight excluding hydrogens is 330 g/mol. The van der Waals surface area contributed by atoms with E-state index in [0.717, 1.165) is 4.90 Å². The van der Waals surface area contributed by atoms with Gasteiger partial charge in [0.05, 0.1) is 16.3 Å². The van der Waals surface area contributed by atoms with Gasteiger partial charge in [0.15, 0.2) is 5.11 Å². The normalized spacial score (nSPS) is 14.9. The molecule has 1 heterocycles. The number of nitro groups is 1. The SMILES string of the molecule is O=C1CC(=O)N(c2cccc([N+](=O)[O-])c2)C(=S)N1c1ccccc1. The summed E-state index contributed by atoms with van der Waals surface area (Å²) in [6, 6.07) is 14.3. The highest BCUT2D eigenvalue weighted by Gasteiger charge is 2.37. The molecule has 0 bridgehead atoms. The maximum Gasteiger partial charge on any atom is 0.271 e. The van der Waals surface area contributed by atoms with Crippen molar-refractivity contribution < 1.29 is 14.5 Å². The fraction of sp³-hybridized carbons (Fsp3) is 0.0625. The van der Waals surface area contributed by atoms with Gasteiger partial charge in [-0.3, -0.25) is 29.5 Å². The van der Waals surface area contributed by atoms with Crippen LogP contribution < -0.4 is 9.80 Å². The number of nitrogens with zero attached hydrogens (tertiary/aromatic N) is 3. The van der Waals surface area contributed by atoms with Crippen molar-refractivity contribution in [1.82, 2.24) is 0 Å². The van der Waals surface area contributed by atoms with E-state index in [4.69, 9.17) is 12.2 Å². The lowest BCUT2D eigenvalue weighted by atomic mass is 10.2. The second-order valence-electron chi connectivity index (χ2n) is 5.03. The van der Waals surface area contributed by atoms with Gasteiger partial charge >= 0.3 is 0 Å². The zero-order chi connectivity index (χ0) is 17.3. The minimum Gasteiger partial charge on any atom is -0.273 e. The van der Waals surface area contributed by atoms with E-state index in [1.54, 1.807) is 30.3 Å². The molecule has 1 fully saturated rings. The Hall–Kier alpha value is -3.13. The number of non-ortho nitro benzene ring substituents is 1. The molecule has 1 saturated heterocycles. The van der Waals surface area contributed by atoms with E-state index in [1.165, 1.54) is 29.2 Å². The fourth-order valence-corrected chi connectivity index (χ4v) is 2.85. The van der Waals surface area contributed by atoms with Gasteiger partial charge in [-0.2, -0.15) is 0 Å². The van der Waals surface area contributed by atoms with E-state index < -0.39 is 16.7 Å². The largest absolute Gasteiger partial charge is 0.273 e. The van der Waals surface area contributed by atoms with Gasteiger partial charge in [0, 0.05) is 12.1 Å². The molecule has 1 aliphatic rings. The summed E-state index contributed by atoms with van der Waals surface area (Å²) in [6.45, 7) is 0. The van der Waals surface area contributed by atoms with Gasteiger partial charge in [0.1, 0.15) is 6.42 Å². The molecule has 2 aromatic carbocycles. The first-order valence-electron chi connectivity index (χ1n) is 6.98. The van der Waals surface area contributed by atoms with Crippen LogP contribution in [0.5, 0.6) is 0 Å². The van der Waals surface area contributed by atoms with Crippen molar-refractivity contribution in [3.63, 3.8) is 0 Å². The molecule has 1 aliphatic heterocycles. The molecule has 0 aliphatic carbocycles. The number of carbonyl (C=O) groups is 2. The quantitative estimate of drug-likeness (QED) is 0.371. The molecular formula is C16H11N3O4S. The Labute approximate surface area is 142 Å². The summed E-state index contributed by atoms with van der Waals surface area (Å²) < 4.78 is 0. The second-order valence-corrected chi connectivity index (χ2v) is 5.40. The van der Waals surface area contributed by atoms with E-state index in [2.05, 4.69) is 0 Å². The Bertz CT molecular complexity index is 853. The van der Waals surface area contributed by atoms with Crippen LogP contribution in [-0.4, -0.2) is 21.9 Å². The molecule has 8 heteroatoms. The number of amides is 2. The number of anilines is 2. The molecule has 7 nitrogen and oxygen atoms in total. The molecule has 0 unspecified atom stereocenters. The highest BCUT2D eigenvalue weighted by Crippen LogP contribution is 2.28. The van der Waals surface area contributed by atoms with Crippen LogP contribution in [0.3, 0.4) is 0 Å². The number of rotatable bonds is 3. The Balaban J connectivity index is 2.03. The molecule has 120 valence electrons. The minimum absolute atomic E-state index is 0.0250. The van der Waals surface area contributed by atoms with Gasteiger partial charge in [-0.05, 0) is 30.4 Å². The lowest BCUT2D eigenvalue weighted by Crippen LogP contribution is -2.55. The fourth-order valence-electron chi connectivity index (χ4n) is 2.43. The standard InChI is InChI=1S/C16H11N3O4S/c20-14-10-15(21)18(12-7-4-8-13(9-12)19(22)23)16(24)17(14)11-5-2-1-3-6-11/h1-9H,10H2. The minimum atomic E-state index is -0.554. The maximum absolute atomic E-state index is 12.3. The average molecular weight is 341 g/mol. The molecule has 2 amide bonds. The Morgan fingerprint density at radius 2 is 1.50 bits per heavy atom. The van der Waals surface area contributed by atoms with Gasteiger partial charge in [-0.1, -0.05) is 24.3 Å². The van der Waals surface area contributed by atoms with Gasteiger partial charge in [-0.25, -0.2) is 0 Å². The molecule has 0 radical (unpaired) electrons. The summed E-state index contributed by atoms with van der Waals surface area (Å²) in [6.07, 6.45) is -0.363. The Morgan fingerprint density at radius 3 is 2.12 bits per heavy atom. The van der Waals surface area contributed by atoms with Gasteiger partial charge in [0.25, 0.3) is 5.69 Å². The third kappa shape index (κ3) is 2.74. The first-order chi connectivity index (χ1) is 11.5. The number of benzene rings is 2. The third-order valence-corrected chi connectivity index (χ3v) is 3.86. The second kappa shape index (κ2) is 6.17. The Kier molecular flexibility index (Phi) is 4.05. The van der Waals surface area contributed by atoms with Crippen molar-refractivity contribution >= 4 is 46.2 Å². The monoisotopic (exact) mass is 341 g/mol. The average Bonchev–Trinajstić information content (AvgIpc) is 2.55. The molecule has 0 aromatic heterocycles. The first kappa shape index (κ1) is 15.8. The number of carbonyl (C=O) groups excluding carboxylic acids is 2. The van der Waals surface area contributed by atoms with Crippen LogP contribution in [0.25, 0.3) is 0 Å². The lowest BCUT2D eigenvalue weighted by Gasteiger charge is -2.35. The van der Waals surface area contributed by atoms with E-state index in [-0.39, 0.29) is 22.9 Å². The maximum atomic E-state index is 12.3. The summed E-state index contributed by atoms with van der Waals surface area (Å²) in [5.41, 5.74) is 0.634. The van der Waals surface area contributed by atoms with Crippen molar-refractivity contribution in [3.8, 4) is 0 Å². The molecule has 0 spiro atoms. The van der Waals surface area contributed by atoms with Crippen molar-refractivity contribution in [3.05, 3.63) is 64.7 Å². The van der Waals surface area contributed by atoms with Crippen LogP contribution in [-0.2, 0) is 9.59 Å². The molecule has 3 rings (SSSR count). The summed E-state index contributed by atoms with van der Waals surface area (Å²) in [4.78, 5) is 37.3. The van der Waals surface area contributed by atoms with E-state index >= 15 is 0 Å². The highest BCUT2D eigenvalue weighted by atomic mass is 32.1. The summed E-state index contributed by atoms with van der Waals surface area (Å²) in [7, 11) is 0. The highest BCUT2D eigenvalue weighted by molar-refractivity contribution is 7.81. The smallest absolute Gasteiger partial charge is 0.271 e. The molecule has 0 atom stereocenters. The summed E-state index contributed by atoms with van der Waals surface area (Å²) >= 11 is 5.32.